The van der Waals surface area contributed by atoms with E-state index in [1.54, 1.807) is 14.2 Å². The van der Waals surface area contributed by atoms with Gasteiger partial charge in [0.15, 0.2) is 0 Å². The lowest BCUT2D eigenvalue weighted by Gasteiger charge is -2.32. The van der Waals surface area contributed by atoms with Gasteiger partial charge < -0.3 is 14.4 Å². The molecule has 0 aromatic heterocycles. The van der Waals surface area contributed by atoms with Crippen LogP contribution in [0.5, 0.6) is 5.75 Å². The average molecular weight is 278 g/mol. The smallest absolute Gasteiger partial charge is 0.238 e. The van der Waals surface area contributed by atoms with E-state index >= 15 is 0 Å². The van der Waals surface area contributed by atoms with Crippen LogP contribution in [0.4, 0.5) is 0 Å². The molecule has 1 saturated heterocycles. The van der Waals surface area contributed by atoms with E-state index in [0.29, 0.717) is 13.1 Å². The number of hydrogen-bond acceptors (Lipinski definition) is 4. The Hall–Kier alpha value is -1.59. The summed E-state index contributed by atoms with van der Waals surface area (Å²) >= 11 is 0. The van der Waals surface area contributed by atoms with Crippen LogP contribution in [-0.4, -0.2) is 43.7 Å². The van der Waals surface area contributed by atoms with Crippen LogP contribution >= 0.6 is 0 Å². The van der Waals surface area contributed by atoms with Gasteiger partial charge in [0.2, 0.25) is 5.91 Å². The summed E-state index contributed by atoms with van der Waals surface area (Å²) in [6.45, 7) is 4.83. The molecular weight excluding hydrogens is 256 g/mol. The molecule has 0 spiro atoms. The second-order valence-electron chi connectivity index (χ2n) is 5.55. The number of carbonyl (C=O) groups is 1. The van der Waals surface area contributed by atoms with Gasteiger partial charge in [0.25, 0.3) is 0 Å². The van der Waals surface area contributed by atoms with E-state index < -0.39 is 0 Å². The van der Waals surface area contributed by atoms with Gasteiger partial charge in [-0.05, 0) is 31.5 Å². The third kappa shape index (κ3) is 3.11. The quantitative estimate of drug-likeness (QED) is 0.888. The van der Waals surface area contributed by atoms with Crippen molar-refractivity contribution in [3.63, 3.8) is 0 Å². The Labute approximate surface area is 119 Å². The molecule has 1 aromatic carbocycles. The summed E-state index contributed by atoms with van der Waals surface area (Å²) in [5, 5.41) is 3.24. The van der Waals surface area contributed by atoms with Gasteiger partial charge in [-0.3, -0.25) is 10.1 Å². The minimum atomic E-state index is -0.376. The SMILES string of the molecule is COc1cccc(C2NCC(=O)N2CC(C)(C)OC)c1. The number of nitrogens with zero attached hydrogens (tertiary/aromatic N) is 1. The molecule has 1 amide bonds. The van der Waals surface area contributed by atoms with Crippen LogP contribution < -0.4 is 10.1 Å². The van der Waals surface area contributed by atoms with Crippen LogP contribution in [0.15, 0.2) is 24.3 Å². The summed E-state index contributed by atoms with van der Waals surface area (Å²) in [5.74, 6) is 0.873. The molecular formula is C15H22N2O3. The number of rotatable bonds is 5. The van der Waals surface area contributed by atoms with Crippen molar-refractivity contribution < 1.29 is 14.3 Å². The number of hydrogen-bond donors (Lipinski definition) is 1. The fourth-order valence-electron chi connectivity index (χ4n) is 2.30. The van der Waals surface area contributed by atoms with Gasteiger partial charge in [-0.25, -0.2) is 0 Å². The van der Waals surface area contributed by atoms with Crippen LogP contribution in [-0.2, 0) is 9.53 Å². The van der Waals surface area contributed by atoms with Gasteiger partial charge in [-0.1, -0.05) is 12.1 Å². The van der Waals surface area contributed by atoms with Crippen molar-refractivity contribution in [2.45, 2.75) is 25.6 Å². The largest absolute Gasteiger partial charge is 0.497 e. The molecule has 1 aromatic rings. The van der Waals surface area contributed by atoms with Gasteiger partial charge in [0, 0.05) is 7.11 Å². The molecule has 0 aliphatic carbocycles. The normalized spacial score (nSPS) is 19.5. The molecule has 2 rings (SSSR count). The van der Waals surface area contributed by atoms with E-state index in [-0.39, 0.29) is 17.7 Å². The Kier molecular flexibility index (Phi) is 4.30. The topological polar surface area (TPSA) is 50.8 Å². The molecule has 1 unspecified atom stereocenters. The van der Waals surface area contributed by atoms with Gasteiger partial charge in [0.05, 0.1) is 25.8 Å². The third-order valence-corrected chi connectivity index (χ3v) is 3.59. The summed E-state index contributed by atoms with van der Waals surface area (Å²) in [6.07, 6.45) is -0.132. The molecule has 0 bridgehead atoms. The Morgan fingerprint density at radius 2 is 2.15 bits per heavy atom. The van der Waals surface area contributed by atoms with Crippen LogP contribution in [0.1, 0.15) is 25.6 Å². The highest BCUT2D eigenvalue weighted by Crippen LogP contribution is 2.27. The minimum Gasteiger partial charge on any atom is -0.497 e. The highest BCUT2D eigenvalue weighted by molar-refractivity contribution is 5.81. The second kappa shape index (κ2) is 5.81. The zero-order valence-electron chi connectivity index (χ0n) is 12.5. The van der Waals surface area contributed by atoms with Gasteiger partial charge >= 0.3 is 0 Å². The monoisotopic (exact) mass is 278 g/mol. The van der Waals surface area contributed by atoms with E-state index in [9.17, 15) is 4.79 Å². The molecule has 20 heavy (non-hydrogen) atoms. The fourth-order valence-corrected chi connectivity index (χ4v) is 2.30. The molecule has 1 N–H and O–H groups in total. The van der Waals surface area contributed by atoms with Crippen molar-refractivity contribution in [1.29, 1.82) is 0 Å². The summed E-state index contributed by atoms with van der Waals surface area (Å²) in [5.41, 5.74) is 0.640. The van der Waals surface area contributed by atoms with E-state index in [4.69, 9.17) is 9.47 Å². The van der Waals surface area contributed by atoms with Crippen LogP contribution in [0, 0.1) is 0 Å². The van der Waals surface area contributed by atoms with Crippen molar-refractivity contribution in [1.82, 2.24) is 10.2 Å². The van der Waals surface area contributed by atoms with Crippen LogP contribution in [0.2, 0.25) is 0 Å². The maximum Gasteiger partial charge on any atom is 0.238 e. The number of methoxy groups -OCH3 is 2. The first kappa shape index (κ1) is 14.8. The van der Waals surface area contributed by atoms with Crippen molar-refractivity contribution in [2.24, 2.45) is 0 Å². The maximum atomic E-state index is 12.1. The predicted octanol–water partition coefficient (Wildman–Crippen LogP) is 1.55. The Morgan fingerprint density at radius 1 is 1.40 bits per heavy atom. The highest BCUT2D eigenvalue weighted by Gasteiger charge is 2.35. The summed E-state index contributed by atoms with van der Waals surface area (Å²) in [4.78, 5) is 13.9. The van der Waals surface area contributed by atoms with Crippen molar-refractivity contribution in [3.8, 4) is 5.75 Å². The lowest BCUT2D eigenvalue weighted by Crippen LogP contribution is -2.42. The van der Waals surface area contributed by atoms with Gasteiger partial charge in [0.1, 0.15) is 11.9 Å². The Morgan fingerprint density at radius 3 is 2.80 bits per heavy atom. The molecule has 5 heteroatoms. The first-order valence-electron chi connectivity index (χ1n) is 6.69. The number of carbonyl (C=O) groups excluding carboxylic acids is 1. The standard InChI is InChI=1S/C15H22N2O3/c1-15(2,20-4)10-17-13(18)9-16-14(17)11-6-5-7-12(8-11)19-3/h5-8,14,16H,9-10H2,1-4H3. The molecule has 5 nitrogen and oxygen atoms in total. The zero-order valence-corrected chi connectivity index (χ0v) is 12.5. The van der Waals surface area contributed by atoms with Crippen molar-refractivity contribution >= 4 is 5.91 Å². The molecule has 0 saturated carbocycles. The zero-order chi connectivity index (χ0) is 14.8. The summed E-state index contributed by atoms with van der Waals surface area (Å²) < 4.78 is 10.7. The number of benzene rings is 1. The summed E-state index contributed by atoms with van der Waals surface area (Å²) in [6, 6.07) is 7.76. The van der Waals surface area contributed by atoms with Crippen LogP contribution in [0.25, 0.3) is 0 Å². The van der Waals surface area contributed by atoms with E-state index in [2.05, 4.69) is 5.32 Å². The third-order valence-electron chi connectivity index (χ3n) is 3.59. The van der Waals surface area contributed by atoms with Crippen molar-refractivity contribution in [3.05, 3.63) is 29.8 Å². The maximum absolute atomic E-state index is 12.1. The van der Waals surface area contributed by atoms with E-state index in [1.165, 1.54) is 0 Å². The molecule has 1 aliphatic heterocycles. The lowest BCUT2D eigenvalue weighted by atomic mass is 10.1. The van der Waals surface area contributed by atoms with Crippen molar-refractivity contribution in [2.75, 3.05) is 27.3 Å². The number of nitrogens with one attached hydrogen (secondary N) is 1. The van der Waals surface area contributed by atoms with Gasteiger partial charge in [-0.15, -0.1) is 0 Å². The molecule has 110 valence electrons. The second-order valence-corrected chi connectivity index (χ2v) is 5.55. The lowest BCUT2D eigenvalue weighted by molar-refractivity contribution is -0.131. The molecule has 0 radical (unpaired) electrons. The number of ether oxygens (including phenoxy) is 2. The van der Waals surface area contributed by atoms with Gasteiger partial charge in [-0.2, -0.15) is 0 Å². The molecule has 1 atom stereocenters. The summed E-state index contributed by atoms with van der Waals surface area (Å²) in [7, 11) is 3.30. The predicted molar refractivity (Wildman–Crippen MR) is 76.5 cm³/mol. The van der Waals surface area contributed by atoms with E-state index in [0.717, 1.165) is 11.3 Å². The Balaban J connectivity index is 2.23. The number of amides is 1. The first-order valence-corrected chi connectivity index (χ1v) is 6.69. The molecule has 1 heterocycles. The fraction of sp³-hybridized carbons (Fsp3) is 0.533. The average Bonchev–Trinajstić information content (AvgIpc) is 2.80. The Bertz CT molecular complexity index is 488. The van der Waals surface area contributed by atoms with Crippen LogP contribution in [0.3, 0.4) is 0 Å². The minimum absolute atomic E-state index is 0.0861. The molecule has 1 fully saturated rings. The first-order chi connectivity index (χ1) is 9.46. The van der Waals surface area contributed by atoms with E-state index in [1.807, 2.05) is 43.0 Å². The highest BCUT2D eigenvalue weighted by atomic mass is 16.5. The molecule has 1 aliphatic rings.